The van der Waals surface area contributed by atoms with Gasteiger partial charge >= 0.3 is 0 Å². The van der Waals surface area contributed by atoms with Gasteiger partial charge in [0.15, 0.2) is 0 Å². The lowest BCUT2D eigenvalue weighted by Crippen LogP contribution is -2.25. The average molecular weight is 248 g/mol. The highest BCUT2D eigenvalue weighted by atomic mass is 16.5. The topological polar surface area (TPSA) is 29.5 Å². The highest BCUT2D eigenvalue weighted by molar-refractivity contribution is 5.28. The second-order valence-corrected chi connectivity index (χ2v) is 5.43. The smallest absolute Gasteiger partial charge is 0.119 e. The lowest BCUT2D eigenvalue weighted by molar-refractivity contribution is 0.122. The summed E-state index contributed by atoms with van der Waals surface area (Å²) in [5, 5.41) is 9.46. The third-order valence-corrected chi connectivity index (χ3v) is 3.98. The van der Waals surface area contributed by atoms with Crippen molar-refractivity contribution in [3.8, 4) is 5.75 Å². The first-order chi connectivity index (χ1) is 8.69. The van der Waals surface area contributed by atoms with Gasteiger partial charge in [-0.2, -0.15) is 0 Å². The summed E-state index contributed by atoms with van der Waals surface area (Å²) in [4.78, 5) is 0. The van der Waals surface area contributed by atoms with Crippen LogP contribution in [0.4, 0.5) is 0 Å². The molecule has 1 N–H and O–H groups in total. The van der Waals surface area contributed by atoms with Crippen molar-refractivity contribution in [3.05, 3.63) is 29.8 Å². The van der Waals surface area contributed by atoms with Gasteiger partial charge in [-0.1, -0.05) is 31.9 Å². The molecule has 1 aromatic carbocycles. The summed E-state index contributed by atoms with van der Waals surface area (Å²) < 4.78 is 6.04. The quantitative estimate of drug-likeness (QED) is 0.869. The van der Waals surface area contributed by atoms with Crippen LogP contribution in [-0.4, -0.2) is 11.2 Å². The Morgan fingerprint density at radius 3 is 2.61 bits per heavy atom. The fraction of sp³-hybridized carbons (Fsp3) is 0.625. The Hall–Kier alpha value is -1.02. The van der Waals surface area contributed by atoms with E-state index in [2.05, 4.69) is 6.92 Å². The van der Waals surface area contributed by atoms with Gasteiger partial charge in [0.2, 0.25) is 0 Å². The Labute approximate surface area is 110 Å². The van der Waals surface area contributed by atoms with E-state index in [0.29, 0.717) is 6.10 Å². The van der Waals surface area contributed by atoms with Gasteiger partial charge in [0, 0.05) is 0 Å². The van der Waals surface area contributed by atoms with Crippen LogP contribution in [0.5, 0.6) is 5.75 Å². The zero-order valence-corrected chi connectivity index (χ0v) is 11.4. The number of benzene rings is 1. The van der Waals surface area contributed by atoms with Crippen LogP contribution >= 0.6 is 0 Å². The number of rotatable bonds is 4. The molecule has 0 amide bonds. The predicted molar refractivity (Wildman–Crippen MR) is 73.7 cm³/mol. The molecule has 0 radical (unpaired) electrons. The van der Waals surface area contributed by atoms with Crippen LogP contribution in [0.15, 0.2) is 24.3 Å². The van der Waals surface area contributed by atoms with Gasteiger partial charge < -0.3 is 9.84 Å². The van der Waals surface area contributed by atoms with Crippen molar-refractivity contribution in [2.24, 2.45) is 5.92 Å². The summed E-state index contributed by atoms with van der Waals surface area (Å²) in [6, 6.07) is 7.83. The van der Waals surface area contributed by atoms with Crippen molar-refractivity contribution >= 4 is 0 Å². The van der Waals surface area contributed by atoms with Crippen molar-refractivity contribution in [2.45, 2.75) is 58.2 Å². The molecule has 0 bridgehead atoms. The first-order valence-electron chi connectivity index (χ1n) is 7.13. The molecule has 1 fully saturated rings. The normalized spacial score (nSPS) is 25.7. The minimum atomic E-state index is -0.404. The summed E-state index contributed by atoms with van der Waals surface area (Å²) in [7, 11) is 0. The van der Waals surface area contributed by atoms with Crippen molar-refractivity contribution < 1.29 is 9.84 Å². The average Bonchev–Trinajstić information content (AvgIpc) is 2.39. The van der Waals surface area contributed by atoms with Gasteiger partial charge in [-0.05, 0) is 49.8 Å². The summed E-state index contributed by atoms with van der Waals surface area (Å²) in [6.07, 6.45) is 6.25. The molecule has 0 saturated heterocycles. The van der Waals surface area contributed by atoms with Crippen molar-refractivity contribution in [3.63, 3.8) is 0 Å². The van der Waals surface area contributed by atoms with E-state index in [1.165, 1.54) is 32.1 Å². The molecule has 1 aliphatic carbocycles. The largest absolute Gasteiger partial charge is 0.490 e. The Morgan fingerprint density at radius 2 is 2.00 bits per heavy atom. The van der Waals surface area contributed by atoms with Gasteiger partial charge in [-0.15, -0.1) is 0 Å². The van der Waals surface area contributed by atoms with E-state index in [9.17, 15) is 5.11 Å². The fourth-order valence-electron chi connectivity index (χ4n) is 2.74. The van der Waals surface area contributed by atoms with Crippen molar-refractivity contribution in [1.82, 2.24) is 0 Å². The molecule has 0 spiro atoms. The number of aliphatic hydroxyl groups excluding tert-OH is 1. The van der Waals surface area contributed by atoms with Crippen molar-refractivity contribution in [2.75, 3.05) is 0 Å². The molecule has 2 nitrogen and oxygen atoms in total. The minimum Gasteiger partial charge on any atom is -0.490 e. The number of aliphatic hydroxyl groups is 1. The minimum absolute atomic E-state index is 0.376. The van der Waals surface area contributed by atoms with Crippen LogP contribution in [0, 0.1) is 5.92 Å². The maximum absolute atomic E-state index is 9.46. The van der Waals surface area contributed by atoms with Gasteiger partial charge in [0.25, 0.3) is 0 Å². The Morgan fingerprint density at radius 1 is 1.28 bits per heavy atom. The first-order valence-corrected chi connectivity index (χ1v) is 7.13. The number of hydrogen-bond acceptors (Lipinski definition) is 2. The van der Waals surface area contributed by atoms with Crippen molar-refractivity contribution in [1.29, 1.82) is 0 Å². The van der Waals surface area contributed by atoms with Gasteiger partial charge in [0.05, 0.1) is 12.2 Å². The van der Waals surface area contributed by atoms with E-state index in [0.717, 1.165) is 17.2 Å². The van der Waals surface area contributed by atoms with Crippen LogP contribution in [0.1, 0.15) is 57.6 Å². The highest BCUT2D eigenvalue weighted by Crippen LogP contribution is 2.29. The summed E-state index contributed by atoms with van der Waals surface area (Å²) in [5.41, 5.74) is 0.942. The molecule has 2 rings (SSSR count). The van der Waals surface area contributed by atoms with Crippen LogP contribution in [0.3, 0.4) is 0 Å². The molecule has 1 saturated carbocycles. The van der Waals surface area contributed by atoms with Crippen LogP contribution < -0.4 is 4.74 Å². The van der Waals surface area contributed by atoms with Crippen LogP contribution in [-0.2, 0) is 0 Å². The maximum atomic E-state index is 9.46. The molecule has 2 heteroatoms. The number of ether oxygens (including phenoxy) is 1. The summed E-state index contributed by atoms with van der Waals surface area (Å²) in [6.45, 7) is 4.05. The molecule has 0 aromatic heterocycles. The van der Waals surface area contributed by atoms with Gasteiger partial charge in [-0.25, -0.2) is 0 Å². The molecule has 3 atom stereocenters. The Balaban J connectivity index is 1.92. The van der Waals surface area contributed by atoms with Crippen LogP contribution in [0.2, 0.25) is 0 Å². The molecular formula is C16H24O2. The Bertz CT molecular complexity index is 356. The predicted octanol–water partition coefficient (Wildman–Crippen LogP) is 4.09. The van der Waals surface area contributed by atoms with Gasteiger partial charge in [-0.3, -0.25) is 0 Å². The zero-order chi connectivity index (χ0) is 13.0. The highest BCUT2D eigenvalue weighted by Gasteiger charge is 2.21. The second-order valence-electron chi connectivity index (χ2n) is 5.43. The standard InChI is InChI=1S/C16H24O2/c1-3-13-5-4-6-16(11-13)18-15-9-7-14(8-10-15)12(2)17/h7-10,12-13,16-17H,3-6,11H2,1-2H3/t12-,13?,16?/m1/s1. The van der Waals surface area contributed by atoms with E-state index in [1.54, 1.807) is 6.92 Å². The second kappa shape index (κ2) is 6.24. The molecule has 1 aliphatic rings. The fourth-order valence-corrected chi connectivity index (χ4v) is 2.74. The molecule has 2 unspecified atom stereocenters. The lowest BCUT2D eigenvalue weighted by atomic mass is 9.85. The Kier molecular flexibility index (Phi) is 4.65. The SMILES string of the molecule is CCC1CCCC(Oc2ccc([C@@H](C)O)cc2)C1. The first kappa shape index (κ1) is 13.4. The lowest BCUT2D eigenvalue weighted by Gasteiger charge is -2.29. The van der Waals surface area contributed by atoms with E-state index in [-0.39, 0.29) is 0 Å². The monoisotopic (exact) mass is 248 g/mol. The van der Waals surface area contributed by atoms with E-state index >= 15 is 0 Å². The summed E-state index contributed by atoms with van der Waals surface area (Å²) in [5.74, 6) is 1.77. The molecule has 18 heavy (non-hydrogen) atoms. The molecule has 0 heterocycles. The number of hydrogen-bond donors (Lipinski definition) is 1. The van der Waals surface area contributed by atoms with Gasteiger partial charge in [0.1, 0.15) is 5.75 Å². The maximum Gasteiger partial charge on any atom is 0.119 e. The molecular weight excluding hydrogens is 224 g/mol. The van der Waals surface area contributed by atoms with E-state index in [4.69, 9.17) is 4.74 Å². The molecule has 1 aromatic rings. The zero-order valence-electron chi connectivity index (χ0n) is 11.4. The summed E-state index contributed by atoms with van der Waals surface area (Å²) >= 11 is 0. The molecule has 100 valence electrons. The molecule has 0 aliphatic heterocycles. The van der Waals surface area contributed by atoms with E-state index < -0.39 is 6.10 Å². The third-order valence-electron chi connectivity index (χ3n) is 3.98. The van der Waals surface area contributed by atoms with Crippen LogP contribution in [0.25, 0.3) is 0 Å². The van der Waals surface area contributed by atoms with E-state index in [1.807, 2.05) is 24.3 Å². The third kappa shape index (κ3) is 3.49.